The lowest BCUT2D eigenvalue weighted by Gasteiger charge is -2.32. The molecule has 0 saturated carbocycles. The summed E-state index contributed by atoms with van der Waals surface area (Å²) in [7, 11) is -0.245. The van der Waals surface area contributed by atoms with E-state index in [4.69, 9.17) is 9.31 Å². The summed E-state index contributed by atoms with van der Waals surface area (Å²) in [6.45, 7) is 18.5. The van der Waals surface area contributed by atoms with Gasteiger partial charge in [-0.05, 0) is 45.1 Å². The Balaban J connectivity index is 0.000000921. The van der Waals surface area contributed by atoms with E-state index in [1.54, 1.807) is 0 Å². The van der Waals surface area contributed by atoms with Crippen molar-refractivity contribution in [3.8, 4) is 0 Å². The van der Waals surface area contributed by atoms with E-state index in [-0.39, 0.29) is 18.3 Å². The molecule has 0 atom stereocenters. The highest BCUT2D eigenvalue weighted by Crippen LogP contribution is 2.36. The molecule has 1 aliphatic heterocycles. The molecule has 1 heterocycles. The van der Waals surface area contributed by atoms with Crippen molar-refractivity contribution in [2.24, 2.45) is 0 Å². The number of rotatable bonds is 2. The lowest BCUT2D eigenvalue weighted by Crippen LogP contribution is -2.41. The number of hydrogen-bond acceptors (Lipinski definition) is 2. The van der Waals surface area contributed by atoms with Crippen LogP contribution in [0, 0.1) is 0 Å². The van der Waals surface area contributed by atoms with Crippen LogP contribution in [0.2, 0.25) is 0 Å². The van der Waals surface area contributed by atoms with Crippen LogP contribution >= 0.6 is 0 Å². The molecular weight excluding hydrogens is 259 g/mol. The van der Waals surface area contributed by atoms with Crippen LogP contribution in [-0.2, 0) is 15.7 Å². The minimum atomic E-state index is -0.263. The summed E-state index contributed by atoms with van der Waals surface area (Å²) in [6.07, 6.45) is 1.06. The van der Waals surface area contributed by atoms with Gasteiger partial charge in [0.2, 0.25) is 0 Å². The molecule has 1 fully saturated rings. The molecule has 1 saturated heterocycles. The zero-order valence-corrected chi connectivity index (χ0v) is 15.4. The molecule has 0 bridgehead atoms. The Morgan fingerprint density at radius 3 is 1.52 bits per heavy atom. The highest BCUT2D eigenvalue weighted by Gasteiger charge is 2.51. The fourth-order valence-corrected chi connectivity index (χ4v) is 1.89. The predicted molar refractivity (Wildman–Crippen MR) is 94.2 cm³/mol. The standard InChI is InChI=1S/C14H21BO2.2C2H6/c1-6-11-7-9-12(10-8-11)15-16-13(2,3)14(4,5)17-15;2*1-2/h7-10H,6H2,1-5H3;2*1-2H3. The summed E-state index contributed by atoms with van der Waals surface area (Å²) in [6, 6.07) is 8.47. The van der Waals surface area contributed by atoms with Gasteiger partial charge >= 0.3 is 7.12 Å². The van der Waals surface area contributed by atoms with E-state index < -0.39 is 0 Å². The average molecular weight is 292 g/mol. The fourth-order valence-electron chi connectivity index (χ4n) is 1.89. The van der Waals surface area contributed by atoms with Crippen molar-refractivity contribution in [1.82, 2.24) is 0 Å². The van der Waals surface area contributed by atoms with Crippen LogP contribution in [0.4, 0.5) is 0 Å². The van der Waals surface area contributed by atoms with Gasteiger partial charge in [0, 0.05) is 0 Å². The van der Waals surface area contributed by atoms with Crippen LogP contribution in [0.5, 0.6) is 0 Å². The molecule has 1 aromatic carbocycles. The van der Waals surface area contributed by atoms with Gasteiger partial charge in [-0.25, -0.2) is 0 Å². The second-order valence-electron chi connectivity index (χ2n) is 5.68. The molecule has 21 heavy (non-hydrogen) atoms. The molecule has 0 N–H and O–H groups in total. The van der Waals surface area contributed by atoms with Gasteiger partial charge in [0.15, 0.2) is 0 Å². The smallest absolute Gasteiger partial charge is 0.399 e. The van der Waals surface area contributed by atoms with Crippen LogP contribution in [-0.4, -0.2) is 18.3 Å². The predicted octanol–water partition coefficient (Wildman–Crippen LogP) is 4.60. The van der Waals surface area contributed by atoms with Crippen LogP contribution in [0.1, 0.15) is 67.9 Å². The van der Waals surface area contributed by atoms with Crippen molar-refractivity contribution in [2.45, 2.75) is 79.9 Å². The van der Waals surface area contributed by atoms with Gasteiger partial charge in [-0.1, -0.05) is 58.9 Å². The number of benzene rings is 1. The molecule has 2 rings (SSSR count). The summed E-state index contributed by atoms with van der Waals surface area (Å²) in [5, 5.41) is 0. The molecule has 120 valence electrons. The second kappa shape index (κ2) is 8.60. The van der Waals surface area contributed by atoms with Gasteiger partial charge in [0.05, 0.1) is 11.2 Å². The van der Waals surface area contributed by atoms with Crippen LogP contribution in [0.25, 0.3) is 0 Å². The first-order valence-electron chi connectivity index (χ1n) is 8.30. The van der Waals surface area contributed by atoms with E-state index in [0.29, 0.717) is 0 Å². The van der Waals surface area contributed by atoms with Gasteiger partial charge in [-0.15, -0.1) is 0 Å². The third kappa shape index (κ3) is 4.86. The third-order valence-corrected chi connectivity index (χ3v) is 3.91. The monoisotopic (exact) mass is 292 g/mol. The molecule has 0 radical (unpaired) electrons. The Bertz CT molecular complexity index is 380. The van der Waals surface area contributed by atoms with Crippen molar-refractivity contribution in [3.63, 3.8) is 0 Å². The summed E-state index contributed by atoms with van der Waals surface area (Å²) in [5.74, 6) is 0. The van der Waals surface area contributed by atoms with E-state index in [0.717, 1.165) is 11.9 Å². The quantitative estimate of drug-likeness (QED) is 0.742. The Kier molecular flexibility index (Phi) is 8.27. The maximum Gasteiger partial charge on any atom is 0.494 e. The van der Waals surface area contributed by atoms with E-state index in [2.05, 4.69) is 58.9 Å². The van der Waals surface area contributed by atoms with Crippen molar-refractivity contribution in [2.75, 3.05) is 0 Å². The van der Waals surface area contributed by atoms with E-state index in [1.807, 2.05) is 27.7 Å². The first kappa shape index (κ1) is 20.2. The molecule has 2 nitrogen and oxygen atoms in total. The van der Waals surface area contributed by atoms with E-state index >= 15 is 0 Å². The minimum absolute atomic E-state index is 0.245. The zero-order valence-electron chi connectivity index (χ0n) is 15.4. The Morgan fingerprint density at radius 1 is 0.810 bits per heavy atom. The Morgan fingerprint density at radius 2 is 1.19 bits per heavy atom. The van der Waals surface area contributed by atoms with Gasteiger partial charge in [-0.3, -0.25) is 0 Å². The SMILES string of the molecule is CC.CC.CCc1ccc(B2OC(C)(C)C(C)(C)O2)cc1. The lowest BCUT2D eigenvalue weighted by molar-refractivity contribution is 0.00578. The highest BCUT2D eigenvalue weighted by molar-refractivity contribution is 6.62. The maximum absolute atomic E-state index is 6.00. The van der Waals surface area contributed by atoms with E-state index in [1.165, 1.54) is 5.56 Å². The molecule has 0 unspecified atom stereocenters. The summed E-state index contributed by atoms with van der Waals surface area (Å²) < 4.78 is 12.0. The topological polar surface area (TPSA) is 18.5 Å². The highest BCUT2D eigenvalue weighted by atomic mass is 16.7. The summed E-state index contributed by atoms with van der Waals surface area (Å²) in [4.78, 5) is 0. The molecular formula is C18H33BO2. The van der Waals surface area contributed by atoms with Gasteiger partial charge in [-0.2, -0.15) is 0 Å². The molecule has 0 aromatic heterocycles. The van der Waals surface area contributed by atoms with Gasteiger partial charge < -0.3 is 9.31 Å². The minimum Gasteiger partial charge on any atom is -0.399 e. The van der Waals surface area contributed by atoms with Gasteiger partial charge in [0.25, 0.3) is 0 Å². The third-order valence-electron chi connectivity index (χ3n) is 3.91. The van der Waals surface area contributed by atoms with E-state index in [9.17, 15) is 0 Å². The molecule has 0 spiro atoms. The van der Waals surface area contributed by atoms with Crippen LogP contribution in [0.15, 0.2) is 24.3 Å². The van der Waals surface area contributed by atoms with Crippen molar-refractivity contribution < 1.29 is 9.31 Å². The number of aryl methyl sites for hydroxylation is 1. The molecule has 3 heteroatoms. The maximum atomic E-state index is 6.00. The Labute approximate surface area is 132 Å². The van der Waals surface area contributed by atoms with Gasteiger partial charge in [0.1, 0.15) is 0 Å². The Hall–Kier alpha value is -0.795. The first-order chi connectivity index (χ1) is 9.86. The van der Waals surface area contributed by atoms with Crippen molar-refractivity contribution in [1.29, 1.82) is 0 Å². The largest absolute Gasteiger partial charge is 0.494 e. The average Bonchev–Trinajstić information content (AvgIpc) is 2.72. The van der Waals surface area contributed by atoms with Crippen molar-refractivity contribution in [3.05, 3.63) is 29.8 Å². The first-order valence-corrected chi connectivity index (χ1v) is 8.30. The second-order valence-corrected chi connectivity index (χ2v) is 5.68. The molecule has 0 aliphatic carbocycles. The van der Waals surface area contributed by atoms with Crippen LogP contribution < -0.4 is 5.46 Å². The fraction of sp³-hybridized carbons (Fsp3) is 0.667. The molecule has 1 aliphatic rings. The lowest BCUT2D eigenvalue weighted by atomic mass is 9.79. The van der Waals surface area contributed by atoms with Crippen molar-refractivity contribution >= 4 is 12.6 Å². The molecule has 0 amide bonds. The summed E-state index contributed by atoms with van der Waals surface area (Å²) >= 11 is 0. The number of hydrogen-bond donors (Lipinski definition) is 0. The zero-order chi connectivity index (χ0) is 16.7. The summed E-state index contributed by atoms with van der Waals surface area (Å²) in [5.41, 5.74) is 1.91. The normalized spacial score (nSPS) is 18.2. The van der Waals surface area contributed by atoms with Crippen LogP contribution in [0.3, 0.4) is 0 Å². The molecule has 1 aromatic rings.